The number of anilines is 1. The Morgan fingerprint density at radius 2 is 2.11 bits per heavy atom. The summed E-state index contributed by atoms with van der Waals surface area (Å²) in [6.45, 7) is 0.950. The highest BCUT2D eigenvalue weighted by Gasteiger charge is 2.27. The average Bonchev–Trinajstić information content (AvgIpc) is 2.83. The van der Waals surface area contributed by atoms with Crippen LogP contribution in [0, 0.1) is 0 Å². The molecular formula is C13H15N3O2S. The molecule has 0 radical (unpaired) electrons. The lowest BCUT2D eigenvalue weighted by molar-refractivity contribution is 0.438. The van der Waals surface area contributed by atoms with E-state index < -0.39 is 10.0 Å². The number of nitrogen functional groups attached to an aromatic ring is 1. The lowest BCUT2D eigenvalue weighted by Crippen LogP contribution is -2.33. The van der Waals surface area contributed by atoms with Crippen molar-refractivity contribution < 1.29 is 8.42 Å². The van der Waals surface area contributed by atoms with Crippen LogP contribution in [0.15, 0.2) is 41.4 Å². The summed E-state index contributed by atoms with van der Waals surface area (Å²) < 4.78 is 26.7. The van der Waals surface area contributed by atoms with Crippen LogP contribution in [0.25, 0.3) is 10.9 Å². The Kier molecular flexibility index (Phi) is 2.83. The van der Waals surface area contributed by atoms with Crippen LogP contribution in [0.2, 0.25) is 0 Å². The molecule has 5 nitrogen and oxygen atoms in total. The Hall–Kier alpha value is -1.79. The summed E-state index contributed by atoms with van der Waals surface area (Å²) in [5.74, 6) is 0. The Bertz CT molecular complexity index is 746. The van der Waals surface area contributed by atoms with Crippen molar-refractivity contribution in [1.29, 1.82) is 0 Å². The molecule has 2 heterocycles. The zero-order chi connectivity index (χ0) is 13.5. The Labute approximate surface area is 111 Å². The predicted molar refractivity (Wildman–Crippen MR) is 75.2 cm³/mol. The first kappa shape index (κ1) is 12.3. The van der Waals surface area contributed by atoms with Crippen molar-refractivity contribution in [3.8, 4) is 0 Å². The number of H-pyrrole nitrogens is 1. The summed E-state index contributed by atoms with van der Waals surface area (Å²) in [7, 11) is -3.47. The molecule has 0 fully saturated rings. The van der Waals surface area contributed by atoms with Crippen molar-refractivity contribution in [2.75, 3.05) is 18.8 Å². The van der Waals surface area contributed by atoms with Gasteiger partial charge in [0.05, 0.1) is 0 Å². The fourth-order valence-electron chi connectivity index (χ4n) is 2.30. The Balaban J connectivity index is 2.13. The van der Waals surface area contributed by atoms with Crippen LogP contribution in [-0.4, -0.2) is 30.8 Å². The fourth-order valence-corrected chi connectivity index (χ4v) is 3.86. The Morgan fingerprint density at radius 3 is 2.84 bits per heavy atom. The molecule has 19 heavy (non-hydrogen) atoms. The first-order valence-corrected chi connectivity index (χ1v) is 7.55. The van der Waals surface area contributed by atoms with E-state index in [4.69, 9.17) is 5.73 Å². The zero-order valence-corrected chi connectivity index (χ0v) is 11.2. The molecule has 3 rings (SSSR count). The summed E-state index contributed by atoms with van der Waals surface area (Å²) in [6, 6.07) is 5.23. The number of sulfonamides is 1. The number of nitrogens with two attached hydrogens (primary N) is 1. The van der Waals surface area contributed by atoms with Gasteiger partial charge in [-0.1, -0.05) is 12.2 Å². The molecule has 0 bridgehead atoms. The van der Waals surface area contributed by atoms with Gasteiger partial charge in [0.2, 0.25) is 10.0 Å². The molecule has 0 unspecified atom stereocenters. The van der Waals surface area contributed by atoms with Gasteiger partial charge < -0.3 is 10.7 Å². The summed E-state index contributed by atoms with van der Waals surface area (Å²) in [6.07, 6.45) is 6.17. The third kappa shape index (κ3) is 2.02. The second-order valence-electron chi connectivity index (χ2n) is 4.58. The maximum Gasteiger partial charge on any atom is 0.245 e. The van der Waals surface area contributed by atoms with Gasteiger partial charge in [-0.2, -0.15) is 4.31 Å². The summed E-state index contributed by atoms with van der Waals surface area (Å²) in [5.41, 5.74) is 7.08. The van der Waals surface area contributed by atoms with Crippen LogP contribution in [0.1, 0.15) is 6.42 Å². The van der Waals surface area contributed by atoms with E-state index in [1.54, 1.807) is 18.2 Å². The second kappa shape index (κ2) is 4.40. The van der Waals surface area contributed by atoms with E-state index in [0.717, 1.165) is 11.9 Å². The van der Waals surface area contributed by atoms with Gasteiger partial charge in [-0.15, -0.1) is 0 Å². The van der Waals surface area contributed by atoms with Crippen LogP contribution >= 0.6 is 0 Å². The molecule has 0 saturated carbocycles. The number of aromatic nitrogens is 1. The van der Waals surface area contributed by atoms with Crippen molar-refractivity contribution in [1.82, 2.24) is 9.29 Å². The highest BCUT2D eigenvalue weighted by Crippen LogP contribution is 2.27. The molecule has 1 aliphatic heterocycles. The normalized spacial score (nSPS) is 17.1. The number of hydrogen-bond donors (Lipinski definition) is 2. The van der Waals surface area contributed by atoms with Crippen LogP contribution in [0.4, 0.5) is 5.69 Å². The topological polar surface area (TPSA) is 79.2 Å². The number of rotatable bonds is 2. The Morgan fingerprint density at radius 1 is 1.26 bits per heavy atom. The molecule has 0 atom stereocenters. The number of hydrogen-bond acceptors (Lipinski definition) is 3. The summed E-state index contributed by atoms with van der Waals surface area (Å²) >= 11 is 0. The predicted octanol–water partition coefficient (Wildman–Crippen LogP) is 1.70. The lowest BCUT2D eigenvalue weighted by Gasteiger charge is -2.22. The number of benzene rings is 1. The fraction of sp³-hybridized carbons (Fsp3) is 0.231. The quantitative estimate of drug-likeness (QED) is 0.647. The lowest BCUT2D eigenvalue weighted by atomic mass is 10.2. The van der Waals surface area contributed by atoms with Gasteiger partial charge in [-0.05, 0) is 24.6 Å². The van der Waals surface area contributed by atoms with Crippen molar-refractivity contribution in [3.63, 3.8) is 0 Å². The minimum Gasteiger partial charge on any atom is -0.399 e. The van der Waals surface area contributed by atoms with Gasteiger partial charge in [0.25, 0.3) is 0 Å². The van der Waals surface area contributed by atoms with Gasteiger partial charge in [-0.3, -0.25) is 0 Å². The van der Waals surface area contributed by atoms with E-state index in [2.05, 4.69) is 4.98 Å². The van der Waals surface area contributed by atoms with E-state index in [9.17, 15) is 8.42 Å². The molecule has 3 N–H and O–H groups in total. The maximum atomic E-state index is 12.6. The highest BCUT2D eigenvalue weighted by atomic mass is 32.2. The molecule has 0 amide bonds. The molecule has 2 aromatic rings. The molecule has 1 aliphatic rings. The van der Waals surface area contributed by atoms with Crippen LogP contribution in [0.3, 0.4) is 0 Å². The summed E-state index contributed by atoms with van der Waals surface area (Å²) in [5, 5.41) is 0.648. The molecular weight excluding hydrogens is 262 g/mol. The molecule has 1 aromatic carbocycles. The number of nitrogens with zero attached hydrogens (tertiary/aromatic N) is 1. The van der Waals surface area contributed by atoms with Crippen LogP contribution < -0.4 is 5.73 Å². The van der Waals surface area contributed by atoms with E-state index >= 15 is 0 Å². The minimum atomic E-state index is -3.47. The van der Waals surface area contributed by atoms with E-state index in [-0.39, 0.29) is 0 Å². The molecule has 0 aliphatic carbocycles. The molecule has 100 valence electrons. The highest BCUT2D eigenvalue weighted by molar-refractivity contribution is 7.89. The monoisotopic (exact) mass is 277 g/mol. The zero-order valence-electron chi connectivity index (χ0n) is 10.3. The van der Waals surface area contributed by atoms with E-state index in [0.29, 0.717) is 29.1 Å². The van der Waals surface area contributed by atoms with Gasteiger partial charge in [-0.25, -0.2) is 8.42 Å². The number of aromatic amines is 1. The molecule has 0 spiro atoms. The van der Waals surface area contributed by atoms with Crippen molar-refractivity contribution >= 4 is 26.6 Å². The SMILES string of the molecule is Nc1ccc2[nH]cc(S(=O)(=O)N3CC=CCC3)c2c1. The average molecular weight is 277 g/mol. The van der Waals surface area contributed by atoms with Crippen molar-refractivity contribution in [2.45, 2.75) is 11.3 Å². The maximum absolute atomic E-state index is 12.6. The molecule has 0 saturated heterocycles. The number of fused-ring (bicyclic) bond motifs is 1. The smallest absolute Gasteiger partial charge is 0.245 e. The third-order valence-electron chi connectivity index (χ3n) is 3.31. The number of nitrogens with one attached hydrogen (secondary N) is 1. The van der Waals surface area contributed by atoms with E-state index in [1.807, 2.05) is 12.2 Å². The van der Waals surface area contributed by atoms with Gasteiger partial charge in [0.1, 0.15) is 4.90 Å². The largest absolute Gasteiger partial charge is 0.399 e. The second-order valence-corrected chi connectivity index (χ2v) is 6.49. The standard InChI is InChI=1S/C13H15N3O2S/c14-10-4-5-12-11(8-10)13(9-15-12)19(17,18)16-6-2-1-3-7-16/h1-2,4-5,8-9,15H,3,6-7,14H2. The summed E-state index contributed by atoms with van der Waals surface area (Å²) in [4.78, 5) is 3.28. The van der Waals surface area contributed by atoms with Crippen molar-refractivity contribution in [2.24, 2.45) is 0 Å². The van der Waals surface area contributed by atoms with Crippen LogP contribution in [-0.2, 0) is 10.0 Å². The molecule has 1 aromatic heterocycles. The van der Waals surface area contributed by atoms with Gasteiger partial charge in [0, 0.05) is 35.9 Å². The first-order chi connectivity index (χ1) is 9.09. The van der Waals surface area contributed by atoms with E-state index in [1.165, 1.54) is 10.5 Å². The molecule has 6 heteroatoms. The third-order valence-corrected chi connectivity index (χ3v) is 5.21. The van der Waals surface area contributed by atoms with Gasteiger partial charge in [0.15, 0.2) is 0 Å². The van der Waals surface area contributed by atoms with Gasteiger partial charge >= 0.3 is 0 Å². The first-order valence-electron chi connectivity index (χ1n) is 6.11. The van der Waals surface area contributed by atoms with Crippen molar-refractivity contribution in [3.05, 3.63) is 36.5 Å². The van der Waals surface area contributed by atoms with Crippen LogP contribution in [0.5, 0.6) is 0 Å². The minimum absolute atomic E-state index is 0.296.